The molecular weight excluding hydrogens is 595 g/mol. The number of rotatable bonds is 15. The molecule has 2 fully saturated rings. The first-order valence-corrected chi connectivity index (χ1v) is 20.8. The topological polar surface area (TPSA) is 50.1 Å². The van der Waals surface area contributed by atoms with Crippen molar-refractivity contribution in [2.45, 2.75) is 111 Å². The fourth-order valence-corrected chi connectivity index (χ4v) is 11.2. The molecule has 5 aliphatic rings. The third-order valence-electron chi connectivity index (χ3n) is 14.3. The first-order chi connectivity index (χ1) is 23.9. The van der Waals surface area contributed by atoms with Crippen LogP contribution >= 0.6 is 0 Å². The van der Waals surface area contributed by atoms with Crippen molar-refractivity contribution in [2.24, 2.45) is 76.7 Å². The second-order valence-electron chi connectivity index (χ2n) is 17.0. The van der Waals surface area contributed by atoms with Gasteiger partial charge in [0.2, 0.25) is 0 Å². The molecule has 4 N–H and O–H groups in total. The summed E-state index contributed by atoms with van der Waals surface area (Å²) in [5.74, 6) is 8.88. The molecule has 272 valence electrons. The molecular formula is C46H73N3. The van der Waals surface area contributed by atoms with Crippen LogP contribution in [0.1, 0.15) is 111 Å². The van der Waals surface area contributed by atoms with Gasteiger partial charge >= 0.3 is 0 Å². The minimum Gasteiger partial charge on any atom is -0.391 e. The zero-order valence-electron chi connectivity index (χ0n) is 31.7. The van der Waals surface area contributed by atoms with Crippen molar-refractivity contribution in [3.63, 3.8) is 0 Å². The smallest absolute Gasteiger partial charge is 0.0342 e. The first kappa shape index (κ1) is 38.0. The quantitative estimate of drug-likeness (QED) is 0.152. The lowest BCUT2D eigenvalue weighted by molar-refractivity contribution is 0.0431. The fraction of sp³-hybridized carbons (Fsp3) is 0.696. The van der Waals surface area contributed by atoms with Crippen LogP contribution in [0.4, 0.5) is 0 Å². The van der Waals surface area contributed by atoms with Gasteiger partial charge < -0.3 is 16.4 Å². The molecule has 0 saturated heterocycles. The molecule has 3 heteroatoms. The molecule has 1 aliphatic heterocycles. The number of nitrogens with two attached hydrogens (primary N) is 1. The predicted octanol–water partition coefficient (Wildman–Crippen LogP) is 10.9. The molecule has 12 unspecified atom stereocenters. The Morgan fingerprint density at radius 3 is 2.31 bits per heavy atom. The molecule has 0 spiro atoms. The minimum absolute atomic E-state index is 0.548. The van der Waals surface area contributed by atoms with E-state index in [1.54, 1.807) is 0 Å². The number of hydrogen-bond donors (Lipinski definition) is 3. The molecule has 0 aromatic rings. The lowest BCUT2D eigenvalue weighted by Crippen LogP contribution is -2.41. The van der Waals surface area contributed by atoms with Gasteiger partial charge in [0.05, 0.1) is 0 Å². The summed E-state index contributed by atoms with van der Waals surface area (Å²) in [5.41, 5.74) is 8.71. The average Bonchev–Trinajstić information content (AvgIpc) is 3.67. The van der Waals surface area contributed by atoms with Crippen LogP contribution in [0.5, 0.6) is 0 Å². The Morgan fingerprint density at radius 2 is 1.59 bits per heavy atom. The molecule has 1 heterocycles. The van der Waals surface area contributed by atoms with Crippen LogP contribution in [0.3, 0.4) is 0 Å². The molecule has 3 nitrogen and oxygen atoms in total. The van der Waals surface area contributed by atoms with E-state index in [4.69, 9.17) is 5.73 Å². The third-order valence-corrected chi connectivity index (χ3v) is 14.3. The van der Waals surface area contributed by atoms with Crippen LogP contribution < -0.4 is 16.4 Å². The molecule has 12 atom stereocenters. The van der Waals surface area contributed by atoms with Gasteiger partial charge in [-0.05, 0) is 172 Å². The average molecular weight is 668 g/mol. The van der Waals surface area contributed by atoms with Gasteiger partial charge in [0.25, 0.3) is 0 Å². The highest BCUT2D eigenvalue weighted by Gasteiger charge is 2.44. The SMILES string of the molecule is C=CCC(CN)C(C)C1CCCCC1C(C)C(CCC(C)C1CCC(C2C=CNC2)C2C=CCCC21)CNC1=CC(=C)/C=C\CCCC=C1. The van der Waals surface area contributed by atoms with Crippen molar-refractivity contribution in [3.05, 3.63) is 85.3 Å². The molecule has 5 rings (SSSR count). The summed E-state index contributed by atoms with van der Waals surface area (Å²) in [6.45, 7) is 19.2. The van der Waals surface area contributed by atoms with Crippen molar-refractivity contribution in [3.8, 4) is 0 Å². The van der Waals surface area contributed by atoms with Crippen LogP contribution in [-0.2, 0) is 0 Å². The lowest BCUT2D eigenvalue weighted by atomic mass is 9.57. The van der Waals surface area contributed by atoms with Crippen LogP contribution in [0.25, 0.3) is 0 Å². The highest BCUT2D eigenvalue weighted by Crippen LogP contribution is 2.51. The minimum atomic E-state index is 0.548. The van der Waals surface area contributed by atoms with Gasteiger partial charge in [-0.25, -0.2) is 0 Å². The summed E-state index contributed by atoms with van der Waals surface area (Å²) in [6.07, 6.45) is 41.6. The van der Waals surface area contributed by atoms with E-state index < -0.39 is 0 Å². The molecule has 2 saturated carbocycles. The maximum Gasteiger partial charge on any atom is 0.0342 e. The van der Waals surface area contributed by atoms with E-state index in [0.29, 0.717) is 23.7 Å². The van der Waals surface area contributed by atoms with E-state index >= 15 is 0 Å². The Hall–Kier alpha value is -2.26. The Kier molecular flexibility index (Phi) is 15.0. The van der Waals surface area contributed by atoms with Crippen molar-refractivity contribution in [2.75, 3.05) is 19.6 Å². The second kappa shape index (κ2) is 19.4. The summed E-state index contributed by atoms with van der Waals surface area (Å²) >= 11 is 0. The van der Waals surface area contributed by atoms with E-state index in [0.717, 1.165) is 91.8 Å². The largest absolute Gasteiger partial charge is 0.391 e. The summed E-state index contributed by atoms with van der Waals surface area (Å²) in [5, 5.41) is 7.50. The first-order valence-electron chi connectivity index (χ1n) is 20.8. The van der Waals surface area contributed by atoms with E-state index in [1.807, 2.05) is 0 Å². The summed E-state index contributed by atoms with van der Waals surface area (Å²) in [4.78, 5) is 0. The van der Waals surface area contributed by atoms with Gasteiger partial charge in [-0.15, -0.1) is 6.58 Å². The standard InChI is InChI=1S/C46H73N3/c1-6-16-37(30-47)35(4)42-19-12-13-20-43(42)36(5)38(32-49-40-18-11-9-7-8-10-17-33(2)29-40)24-23-34(3)41-25-26-44(39-27-28-48-31-39)46-22-15-14-21-45(41)46/h6,10-11,15,17-18,22,27-29,34-39,41-46,48-49H,1-2,7-9,12-14,16,19-21,23-26,30-32,47H2,3-5H3/b17-10-,18-11?,40-29?. The van der Waals surface area contributed by atoms with Crippen molar-refractivity contribution in [1.29, 1.82) is 0 Å². The monoisotopic (exact) mass is 668 g/mol. The van der Waals surface area contributed by atoms with Gasteiger partial charge in [0.15, 0.2) is 0 Å². The van der Waals surface area contributed by atoms with Gasteiger partial charge in [-0.3, -0.25) is 0 Å². The molecule has 4 aliphatic carbocycles. The molecule has 0 aromatic heterocycles. The highest BCUT2D eigenvalue weighted by atomic mass is 14.9. The fourth-order valence-electron chi connectivity index (χ4n) is 11.2. The van der Waals surface area contributed by atoms with Crippen LogP contribution in [0, 0.1) is 71.0 Å². The van der Waals surface area contributed by atoms with Gasteiger partial charge in [0.1, 0.15) is 0 Å². The third kappa shape index (κ3) is 10.2. The van der Waals surface area contributed by atoms with Crippen molar-refractivity contribution >= 4 is 0 Å². The number of hydrogen-bond acceptors (Lipinski definition) is 3. The van der Waals surface area contributed by atoms with Gasteiger partial charge in [-0.1, -0.05) is 89.1 Å². The summed E-state index contributed by atoms with van der Waals surface area (Å²) in [6, 6.07) is 0. The zero-order valence-corrected chi connectivity index (χ0v) is 31.7. The van der Waals surface area contributed by atoms with Crippen LogP contribution in [0.15, 0.2) is 85.3 Å². The highest BCUT2D eigenvalue weighted by molar-refractivity contribution is 5.34. The maximum atomic E-state index is 6.38. The molecule has 0 aromatic carbocycles. The van der Waals surface area contributed by atoms with Crippen LogP contribution in [-0.4, -0.2) is 19.6 Å². The normalized spacial score (nSPS) is 34.1. The Labute approximate surface area is 302 Å². The predicted molar refractivity (Wildman–Crippen MR) is 213 cm³/mol. The van der Waals surface area contributed by atoms with E-state index in [2.05, 4.69) is 105 Å². The van der Waals surface area contributed by atoms with Crippen LogP contribution in [0.2, 0.25) is 0 Å². The molecule has 0 amide bonds. The Morgan fingerprint density at radius 1 is 0.837 bits per heavy atom. The maximum absolute atomic E-state index is 6.38. The molecule has 49 heavy (non-hydrogen) atoms. The van der Waals surface area contributed by atoms with E-state index in [-0.39, 0.29) is 0 Å². The molecule has 0 radical (unpaired) electrons. The van der Waals surface area contributed by atoms with E-state index in [9.17, 15) is 0 Å². The Balaban J connectivity index is 1.32. The number of nitrogens with one attached hydrogen (secondary N) is 2. The van der Waals surface area contributed by atoms with E-state index in [1.165, 1.54) is 76.3 Å². The Bertz CT molecular complexity index is 1190. The second-order valence-corrected chi connectivity index (χ2v) is 17.0. The van der Waals surface area contributed by atoms with Gasteiger partial charge in [-0.2, -0.15) is 0 Å². The zero-order chi connectivity index (χ0) is 34.6. The number of allylic oxidation sites excluding steroid dienone is 9. The summed E-state index contributed by atoms with van der Waals surface area (Å²) in [7, 11) is 0. The summed E-state index contributed by atoms with van der Waals surface area (Å²) < 4.78 is 0. The van der Waals surface area contributed by atoms with Gasteiger partial charge in [0, 0.05) is 18.8 Å². The molecule has 0 bridgehead atoms. The van der Waals surface area contributed by atoms with Crippen molar-refractivity contribution < 1.29 is 0 Å². The van der Waals surface area contributed by atoms with Crippen molar-refractivity contribution in [1.82, 2.24) is 10.6 Å². The lowest BCUT2D eigenvalue weighted by Gasteiger charge is -2.48. The number of fused-ring (bicyclic) bond motifs is 1.